The number of imidazole rings is 2. The number of hydrogen-bond acceptors (Lipinski definition) is 3. The van der Waals surface area contributed by atoms with Crippen molar-refractivity contribution in [3.63, 3.8) is 0 Å². The van der Waals surface area contributed by atoms with Crippen LogP contribution in [0.1, 0.15) is 0 Å². The molecule has 0 amide bonds. The van der Waals surface area contributed by atoms with E-state index in [9.17, 15) is 0 Å². The van der Waals surface area contributed by atoms with Crippen molar-refractivity contribution in [3.05, 3.63) is 128 Å². The maximum Gasteiger partial charge on any atom is 2.00 e. The van der Waals surface area contributed by atoms with Gasteiger partial charge in [0.05, 0.1) is 16.6 Å². The number of fused-ring (bicyclic) bond motifs is 9. The summed E-state index contributed by atoms with van der Waals surface area (Å²) < 4.78 is 4.21. The summed E-state index contributed by atoms with van der Waals surface area (Å²) in [6.07, 6.45) is 7.28. The maximum absolute atomic E-state index is 4.48. The molecule has 0 aliphatic rings. The van der Waals surface area contributed by atoms with Gasteiger partial charge in [-0.25, -0.2) is 4.98 Å². The summed E-state index contributed by atoms with van der Waals surface area (Å²) in [5.74, 6) is 0.915. The second kappa shape index (κ2) is 9.61. The van der Waals surface area contributed by atoms with E-state index in [1.807, 2.05) is 67.0 Å². The van der Waals surface area contributed by atoms with E-state index < -0.39 is 0 Å². The third-order valence-electron chi connectivity index (χ3n) is 6.40. The van der Waals surface area contributed by atoms with Crippen molar-refractivity contribution in [2.75, 3.05) is 0 Å². The molecule has 8 rings (SSSR count). The quantitative estimate of drug-likeness (QED) is 0.144. The minimum atomic E-state index is 0. The molecule has 3 heterocycles. The maximum atomic E-state index is 4.48. The first-order valence-corrected chi connectivity index (χ1v) is 11.7. The van der Waals surface area contributed by atoms with E-state index in [4.69, 9.17) is 0 Å². The normalized spacial score (nSPS) is 11.0. The van der Waals surface area contributed by atoms with Gasteiger partial charge in [-0.15, -0.1) is 35.7 Å². The van der Waals surface area contributed by atoms with Gasteiger partial charge in [0.1, 0.15) is 0 Å². The van der Waals surface area contributed by atoms with Gasteiger partial charge < -0.3 is 9.55 Å². The number of para-hydroxylation sites is 3. The summed E-state index contributed by atoms with van der Waals surface area (Å²) in [6.45, 7) is 0. The first kappa shape index (κ1) is 23.1. The predicted octanol–water partition coefficient (Wildman–Crippen LogP) is 6.81. The van der Waals surface area contributed by atoms with Crippen molar-refractivity contribution < 1.29 is 21.1 Å². The van der Waals surface area contributed by atoms with Crippen LogP contribution in [-0.2, 0) is 21.1 Å². The molecule has 0 atom stereocenters. The fourth-order valence-corrected chi connectivity index (χ4v) is 4.87. The fourth-order valence-electron chi connectivity index (χ4n) is 4.87. The second-order valence-corrected chi connectivity index (χ2v) is 8.43. The molecule has 0 fully saturated rings. The molecule has 178 valence electrons. The van der Waals surface area contributed by atoms with Gasteiger partial charge in [0.25, 0.3) is 0 Å². The minimum absolute atomic E-state index is 0. The summed E-state index contributed by atoms with van der Waals surface area (Å²) in [5, 5.41) is 4.57. The first-order chi connectivity index (χ1) is 17.9. The number of nitrogens with zero attached hydrogens (tertiary/aromatic N) is 5. The van der Waals surface area contributed by atoms with Crippen LogP contribution in [0.4, 0.5) is 0 Å². The number of aromatic nitrogens is 5. The third-order valence-corrected chi connectivity index (χ3v) is 6.40. The van der Waals surface area contributed by atoms with Crippen molar-refractivity contribution in [3.8, 4) is 5.69 Å². The largest absolute Gasteiger partial charge is 2.00 e. The molecule has 0 aliphatic carbocycles. The van der Waals surface area contributed by atoms with Crippen LogP contribution in [0.2, 0.25) is 0 Å². The molecule has 3 aromatic heterocycles. The van der Waals surface area contributed by atoms with Crippen molar-refractivity contribution in [1.82, 2.24) is 23.9 Å². The summed E-state index contributed by atoms with van der Waals surface area (Å²) in [5.41, 5.74) is 5.18. The van der Waals surface area contributed by atoms with E-state index in [2.05, 4.69) is 72.5 Å². The molecule has 5 nitrogen and oxygen atoms in total. The Morgan fingerprint density at radius 1 is 0.568 bits per heavy atom. The van der Waals surface area contributed by atoms with E-state index in [1.54, 1.807) is 12.4 Å². The topological polar surface area (TPSA) is 48.0 Å². The SMILES string of the molecule is [Pt+2].[c-]1cccc2c1c1nccnc1c1ccccc21.[c-]1ccccc1-n1c2ccccc2n2ccnc12. The Hall–Kier alpha value is -4.34. The minimum Gasteiger partial charge on any atom is -0.302 e. The first-order valence-electron chi connectivity index (χ1n) is 11.7. The van der Waals surface area contributed by atoms with Crippen LogP contribution in [0.15, 0.2) is 116 Å². The molecule has 0 unspecified atom stereocenters. The Morgan fingerprint density at radius 2 is 1.27 bits per heavy atom. The standard InChI is InChI=1S/C16H9N2.C15H10N3.Pt/c1-3-7-13-11(5-1)12-6-2-4-8-14(12)16-15(13)17-9-10-18-16;1-2-6-12(7-3-1)18-14-9-5-4-8-13(14)17-11-10-16-15(17)18;/h1-7,9-10H;1-6,8-11H;/q2*-1;+2. The molecule has 0 aliphatic heterocycles. The van der Waals surface area contributed by atoms with Gasteiger partial charge in [-0.1, -0.05) is 52.9 Å². The molecule has 6 heteroatoms. The van der Waals surface area contributed by atoms with Crippen LogP contribution >= 0.6 is 0 Å². The van der Waals surface area contributed by atoms with Gasteiger partial charge >= 0.3 is 21.1 Å². The monoisotopic (exact) mass is 656 g/mol. The Labute approximate surface area is 227 Å². The van der Waals surface area contributed by atoms with E-state index >= 15 is 0 Å². The molecule has 0 saturated carbocycles. The van der Waals surface area contributed by atoms with Crippen molar-refractivity contribution >= 4 is 49.4 Å². The second-order valence-electron chi connectivity index (χ2n) is 8.43. The zero-order chi connectivity index (χ0) is 23.9. The molecule has 0 radical (unpaired) electrons. The van der Waals surface area contributed by atoms with Crippen LogP contribution in [0.5, 0.6) is 0 Å². The third kappa shape index (κ3) is 3.80. The molecule has 0 spiro atoms. The smallest absolute Gasteiger partial charge is 0.302 e. The zero-order valence-corrected chi connectivity index (χ0v) is 21.8. The average Bonchev–Trinajstić information content (AvgIpc) is 3.55. The van der Waals surface area contributed by atoms with Crippen molar-refractivity contribution in [2.24, 2.45) is 0 Å². The fraction of sp³-hybridized carbons (Fsp3) is 0. The molecule has 37 heavy (non-hydrogen) atoms. The van der Waals surface area contributed by atoms with Gasteiger partial charge in [-0.3, -0.25) is 9.38 Å². The van der Waals surface area contributed by atoms with Crippen LogP contribution < -0.4 is 0 Å². The molecule has 0 bridgehead atoms. The van der Waals surface area contributed by atoms with Gasteiger partial charge in [-0.05, 0) is 17.5 Å². The van der Waals surface area contributed by atoms with Crippen LogP contribution in [0.25, 0.3) is 55.1 Å². The van der Waals surface area contributed by atoms with E-state index in [0.717, 1.165) is 44.3 Å². The average molecular weight is 657 g/mol. The predicted molar refractivity (Wildman–Crippen MR) is 144 cm³/mol. The number of benzene rings is 5. The van der Waals surface area contributed by atoms with E-state index in [-0.39, 0.29) is 21.1 Å². The van der Waals surface area contributed by atoms with Crippen LogP contribution in [-0.4, -0.2) is 23.9 Å². The van der Waals surface area contributed by atoms with Gasteiger partial charge in [0.15, 0.2) is 0 Å². The van der Waals surface area contributed by atoms with Gasteiger partial charge in [0, 0.05) is 30.3 Å². The molecule has 8 aromatic rings. The van der Waals surface area contributed by atoms with E-state index in [0.29, 0.717) is 0 Å². The zero-order valence-electron chi connectivity index (χ0n) is 19.5. The molecular weight excluding hydrogens is 637 g/mol. The van der Waals surface area contributed by atoms with Crippen molar-refractivity contribution in [2.45, 2.75) is 0 Å². The van der Waals surface area contributed by atoms with Crippen molar-refractivity contribution in [1.29, 1.82) is 0 Å². The van der Waals surface area contributed by atoms with Gasteiger partial charge in [0.2, 0.25) is 5.78 Å². The Balaban J connectivity index is 0.000000133. The summed E-state index contributed by atoms with van der Waals surface area (Å²) in [6, 6.07) is 37.1. The molecule has 0 N–H and O–H groups in total. The van der Waals surface area contributed by atoms with Crippen LogP contribution in [0, 0.1) is 12.1 Å². The Morgan fingerprint density at radius 3 is 2.11 bits per heavy atom. The Bertz CT molecular complexity index is 1790. The summed E-state index contributed by atoms with van der Waals surface area (Å²) in [7, 11) is 0. The summed E-state index contributed by atoms with van der Waals surface area (Å²) >= 11 is 0. The number of hydrogen-bond donors (Lipinski definition) is 0. The van der Waals surface area contributed by atoms with Crippen LogP contribution in [0.3, 0.4) is 0 Å². The Kier molecular flexibility index (Phi) is 5.99. The molecular formula is C31H19N5Pt. The number of rotatable bonds is 1. The van der Waals surface area contributed by atoms with E-state index in [1.165, 1.54) is 10.8 Å². The summed E-state index contributed by atoms with van der Waals surface area (Å²) in [4.78, 5) is 13.4. The van der Waals surface area contributed by atoms with Gasteiger partial charge in [-0.2, -0.15) is 24.3 Å². The molecule has 0 saturated heterocycles. The molecule has 5 aromatic carbocycles.